The smallest absolute Gasteiger partial charge is 0.132 e. The molecule has 1 aromatic heterocycles. The second kappa shape index (κ2) is 5.60. The molecule has 16 heavy (non-hydrogen) atoms. The number of thiophene rings is 1. The van der Waals surface area contributed by atoms with Gasteiger partial charge >= 0.3 is 0 Å². The second-order valence-corrected chi connectivity index (χ2v) is 5.64. The predicted molar refractivity (Wildman–Crippen MR) is 67.7 cm³/mol. The number of Topliss-reactive ketones (excluding diaryl/α,β-unsaturated/α-hetero) is 1. The Morgan fingerprint density at radius 3 is 2.81 bits per heavy atom. The first-order valence-corrected chi connectivity index (χ1v) is 6.89. The summed E-state index contributed by atoms with van der Waals surface area (Å²) >= 11 is 1.82. The van der Waals surface area contributed by atoms with Gasteiger partial charge in [-0.1, -0.05) is 0 Å². The Bertz CT molecular complexity index is 349. The van der Waals surface area contributed by atoms with Gasteiger partial charge in [0.05, 0.1) is 0 Å². The van der Waals surface area contributed by atoms with Crippen molar-refractivity contribution in [1.29, 1.82) is 0 Å². The van der Waals surface area contributed by atoms with Crippen molar-refractivity contribution in [2.75, 3.05) is 6.54 Å². The summed E-state index contributed by atoms with van der Waals surface area (Å²) in [5.74, 6) is 1.16. The van der Waals surface area contributed by atoms with Gasteiger partial charge in [-0.05, 0) is 49.2 Å². The molecule has 3 heteroatoms. The minimum atomic E-state index is 0.449. The van der Waals surface area contributed by atoms with Crippen molar-refractivity contribution in [2.45, 2.75) is 39.2 Å². The molecule has 1 aromatic rings. The topological polar surface area (TPSA) is 29.1 Å². The number of carbonyl (C=O) groups is 1. The maximum atomic E-state index is 11.1. The van der Waals surface area contributed by atoms with Crippen molar-refractivity contribution in [3.8, 4) is 0 Å². The van der Waals surface area contributed by atoms with Gasteiger partial charge in [0.2, 0.25) is 0 Å². The lowest BCUT2D eigenvalue weighted by Crippen LogP contribution is -2.26. The highest BCUT2D eigenvalue weighted by Crippen LogP contribution is 2.21. The maximum absolute atomic E-state index is 11.1. The molecule has 2 rings (SSSR count). The van der Waals surface area contributed by atoms with Crippen LogP contribution < -0.4 is 5.32 Å². The highest BCUT2D eigenvalue weighted by molar-refractivity contribution is 7.10. The Kier molecular flexibility index (Phi) is 4.13. The lowest BCUT2D eigenvalue weighted by Gasteiger charge is -2.21. The van der Waals surface area contributed by atoms with Crippen LogP contribution in [-0.4, -0.2) is 12.3 Å². The molecule has 0 unspecified atom stereocenters. The standard InChI is InChI=1S/C13H19NOS/c1-10-6-7-16-13(10)9-14-8-11-2-4-12(15)5-3-11/h6-7,11,14H,2-5,8-9H2,1H3. The van der Waals surface area contributed by atoms with Gasteiger partial charge in [-0.2, -0.15) is 0 Å². The van der Waals surface area contributed by atoms with E-state index in [1.807, 2.05) is 11.3 Å². The van der Waals surface area contributed by atoms with Gasteiger partial charge in [0.15, 0.2) is 0 Å². The number of ketones is 1. The first-order chi connectivity index (χ1) is 7.75. The van der Waals surface area contributed by atoms with E-state index < -0.39 is 0 Å². The molecule has 1 aliphatic carbocycles. The molecule has 2 nitrogen and oxygen atoms in total. The number of rotatable bonds is 4. The zero-order valence-corrected chi connectivity index (χ0v) is 10.6. The summed E-state index contributed by atoms with van der Waals surface area (Å²) < 4.78 is 0. The molecule has 0 radical (unpaired) electrons. The van der Waals surface area contributed by atoms with Crippen LogP contribution in [-0.2, 0) is 11.3 Å². The molecule has 1 N–H and O–H groups in total. The van der Waals surface area contributed by atoms with Crippen molar-refractivity contribution in [3.05, 3.63) is 21.9 Å². The average molecular weight is 237 g/mol. The van der Waals surface area contributed by atoms with E-state index in [2.05, 4.69) is 23.7 Å². The fourth-order valence-corrected chi connectivity index (χ4v) is 3.05. The van der Waals surface area contributed by atoms with Crippen molar-refractivity contribution in [1.82, 2.24) is 5.32 Å². The lowest BCUT2D eigenvalue weighted by molar-refractivity contribution is -0.120. The summed E-state index contributed by atoms with van der Waals surface area (Å²) in [6, 6.07) is 2.17. The Morgan fingerprint density at radius 2 is 2.19 bits per heavy atom. The predicted octanol–water partition coefficient (Wildman–Crippen LogP) is 2.91. The highest BCUT2D eigenvalue weighted by Gasteiger charge is 2.18. The number of aryl methyl sites for hydroxylation is 1. The third-order valence-electron chi connectivity index (χ3n) is 3.35. The molecule has 0 amide bonds. The molecule has 0 atom stereocenters. The number of hydrogen-bond acceptors (Lipinski definition) is 3. The van der Waals surface area contributed by atoms with Crippen LogP contribution in [0.15, 0.2) is 11.4 Å². The zero-order valence-electron chi connectivity index (χ0n) is 9.79. The molecule has 1 saturated carbocycles. The summed E-state index contributed by atoms with van der Waals surface area (Å²) in [6.07, 6.45) is 3.75. The van der Waals surface area contributed by atoms with Crippen LogP contribution in [0.1, 0.15) is 36.1 Å². The summed E-state index contributed by atoms with van der Waals surface area (Å²) in [6.45, 7) is 4.20. The fourth-order valence-electron chi connectivity index (χ4n) is 2.18. The molecule has 0 saturated heterocycles. The largest absolute Gasteiger partial charge is 0.312 e. The van der Waals surface area contributed by atoms with Gasteiger partial charge < -0.3 is 5.32 Å². The molecule has 1 heterocycles. The lowest BCUT2D eigenvalue weighted by atomic mass is 9.88. The molecule has 88 valence electrons. The quantitative estimate of drug-likeness (QED) is 0.872. The van der Waals surface area contributed by atoms with Gasteiger partial charge in [-0.25, -0.2) is 0 Å². The monoisotopic (exact) mass is 237 g/mol. The van der Waals surface area contributed by atoms with E-state index in [1.165, 1.54) is 10.4 Å². The molecule has 1 aliphatic rings. The Balaban J connectivity index is 1.68. The maximum Gasteiger partial charge on any atom is 0.132 e. The summed E-state index contributed by atoms with van der Waals surface area (Å²) in [7, 11) is 0. The van der Waals surface area contributed by atoms with Crippen LogP contribution in [0.4, 0.5) is 0 Å². The molecular formula is C13H19NOS. The SMILES string of the molecule is Cc1ccsc1CNCC1CCC(=O)CC1. The van der Waals surface area contributed by atoms with Crippen LogP contribution in [0, 0.1) is 12.8 Å². The van der Waals surface area contributed by atoms with E-state index in [-0.39, 0.29) is 0 Å². The Labute approximate surface area is 101 Å². The van der Waals surface area contributed by atoms with Crippen molar-refractivity contribution < 1.29 is 4.79 Å². The van der Waals surface area contributed by atoms with Gasteiger partial charge in [0.1, 0.15) is 5.78 Å². The summed E-state index contributed by atoms with van der Waals surface area (Å²) in [5, 5.41) is 5.66. The number of carbonyl (C=O) groups excluding carboxylic acids is 1. The summed E-state index contributed by atoms with van der Waals surface area (Å²) in [4.78, 5) is 12.5. The van der Waals surface area contributed by atoms with Gasteiger partial charge in [0.25, 0.3) is 0 Å². The van der Waals surface area contributed by atoms with Crippen LogP contribution in [0.2, 0.25) is 0 Å². The minimum absolute atomic E-state index is 0.449. The van der Waals surface area contributed by atoms with Crippen molar-refractivity contribution >= 4 is 17.1 Å². The third-order valence-corrected chi connectivity index (χ3v) is 4.37. The zero-order chi connectivity index (χ0) is 11.4. The molecule has 0 aromatic carbocycles. The molecule has 0 aliphatic heterocycles. The van der Waals surface area contributed by atoms with Crippen molar-refractivity contribution in [2.24, 2.45) is 5.92 Å². The van der Waals surface area contributed by atoms with E-state index in [0.717, 1.165) is 38.8 Å². The van der Waals surface area contributed by atoms with E-state index in [1.54, 1.807) is 0 Å². The number of nitrogens with one attached hydrogen (secondary N) is 1. The Hall–Kier alpha value is -0.670. The summed E-state index contributed by atoms with van der Waals surface area (Å²) in [5.41, 5.74) is 1.39. The van der Waals surface area contributed by atoms with Crippen LogP contribution in [0.5, 0.6) is 0 Å². The fraction of sp³-hybridized carbons (Fsp3) is 0.615. The van der Waals surface area contributed by atoms with Crippen LogP contribution >= 0.6 is 11.3 Å². The van der Waals surface area contributed by atoms with E-state index in [0.29, 0.717) is 11.7 Å². The van der Waals surface area contributed by atoms with Crippen LogP contribution in [0.3, 0.4) is 0 Å². The molecule has 1 fully saturated rings. The van der Waals surface area contributed by atoms with Gasteiger partial charge in [-0.3, -0.25) is 4.79 Å². The Morgan fingerprint density at radius 1 is 1.44 bits per heavy atom. The highest BCUT2D eigenvalue weighted by atomic mass is 32.1. The molecule has 0 spiro atoms. The first kappa shape index (κ1) is 11.8. The van der Waals surface area contributed by atoms with Crippen molar-refractivity contribution in [3.63, 3.8) is 0 Å². The second-order valence-electron chi connectivity index (χ2n) is 4.64. The van der Waals surface area contributed by atoms with Crippen LogP contribution in [0.25, 0.3) is 0 Å². The molecular weight excluding hydrogens is 218 g/mol. The van der Waals surface area contributed by atoms with Gasteiger partial charge in [-0.15, -0.1) is 11.3 Å². The number of hydrogen-bond donors (Lipinski definition) is 1. The van der Waals surface area contributed by atoms with E-state index in [9.17, 15) is 4.79 Å². The average Bonchev–Trinajstić information content (AvgIpc) is 2.68. The normalized spacial score (nSPS) is 17.9. The van der Waals surface area contributed by atoms with Gasteiger partial charge in [0, 0.05) is 24.3 Å². The van der Waals surface area contributed by atoms with E-state index >= 15 is 0 Å². The molecule has 0 bridgehead atoms. The van der Waals surface area contributed by atoms with E-state index in [4.69, 9.17) is 0 Å². The minimum Gasteiger partial charge on any atom is -0.312 e. The first-order valence-electron chi connectivity index (χ1n) is 6.01. The third kappa shape index (κ3) is 3.16.